The van der Waals surface area contributed by atoms with Crippen molar-refractivity contribution >= 4 is 28.5 Å². The highest BCUT2D eigenvalue weighted by Gasteiger charge is 2.14. The van der Waals surface area contributed by atoms with Gasteiger partial charge in [0.2, 0.25) is 5.91 Å². The predicted molar refractivity (Wildman–Crippen MR) is 68.1 cm³/mol. The van der Waals surface area contributed by atoms with Crippen LogP contribution in [0.4, 0.5) is 5.69 Å². The molecule has 19 heavy (non-hydrogen) atoms. The van der Waals surface area contributed by atoms with Crippen molar-refractivity contribution in [2.24, 2.45) is 0 Å². The summed E-state index contributed by atoms with van der Waals surface area (Å²) in [6, 6.07) is 6.19. The molecular weight excluding hydrogens is 250 g/mol. The monoisotopic (exact) mass is 261 g/mol. The van der Waals surface area contributed by atoms with Crippen LogP contribution < -0.4 is 10.9 Å². The highest BCUT2D eigenvalue weighted by molar-refractivity contribution is 5.95. The Labute approximate surface area is 108 Å². The lowest BCUT2D eigenvalue weighted by Crippen LogP contribution is -2.15. The van der Waals surface area contributed by atoms with Crippen molar-refractivity contribution in [3.63, 3.8) is 0 Å². The lowest BCUT2D eigenvalue weighted by Gasteiger charge is -2.04. The number of amides is 1. The van der Waals surface area contributed by atoms with Gasteiger partial charge in [0.1, 0.15) is 11.1 Å². The second-order valence-electron chi connectivity index (χ2n) is 3.87. The minimum Gasteiger partial charge on any atom is -0.465 e. The number of carbonyl (C=O) groups excluding carboxylic acids is 2. The lowest BCUT2D eigenvalue weighted by atomic mass is 10.1. The van der Waals surface area contributed by atoms with Crippen LogP contribution in [-0.2, 0) is 9.53 Å². The van der Waals surface area contributed by atoms with E-state index in [2.05, 4.69) is 10.1 Å². The first kappa shape index (κ1) is 12.8. The maximum Gasteiger partial charge on any atom is 0.351 e. The van der Waals surface area contributed by atoms with Crippen molar-refractivity contribution in [1.82, 2.24) is 0 Å². The van der Waals surface area contributed by atoms with Crippen LogP contribution in [0.25, 0.3) is 11.0 Å². The van der Waals surface area contributed by atoms with Crippen LogP contribution in [0.15, 0.2) is 33.5 Å². The molecule has 6 nitrogen and oxygen atoms in total. The van der Waals surface area contributed by atoms with Gasteiger partial charge in [-0.1, -0.05) is 0 Å². The van der Waals surface area contributed by atoms with E-state index in [0.29, 0.717) is 11.1 Å². The molecule has 0 saturated carbocycles. The smallest absolute Gasteiger partial charge is 0.351 e. The molecule has 2 aromatic rings. The van der Waals surface area contributed by atoms with E-state index in [-0.39, 0.29) is 17.1 Å². The molecule has 0 atom stereocenters. The van der Waals surface area contributed by atoms with Crippen LogP contribution in [-0.4, -0.2) is 19.0 Å². The number of benzene rings is 1. The topological polar surface area (TPSA) is 85.6 Å². The second-order valence-corrected chi connectivity index (χ2v) is 3.87. The minimum atomic E-state index is -0.778. The molecular formula is C13H11NO5. The van der Waals surface area contributed by atoms with E-state index in [4.69, 9.17) is 4.42 Å². The Balaban J connectivity index is 2.55. The molecule has 2 rings (SSSR count). The van der Waals surface area contributed by atoms with E-state index < -0.39 is 11.6 Å². The molecule has 0 spiro atoms. The molecule has 0 aliphatic rings. The van der Waals surface area contributed by atoms with Gasteiger partial charge in [0.05, 0.1) is 7.11 Å². The third-order valence-corrected chi connectivity index (χ3v) is 2.46. The van der Waals surface area contributed by atoms with Crippen molar-refractivity contribution < 1.29 is 18.7 Å². The Bertz CT molecular complexity index is 717. The van der Waals surface area contributed by atoms with E-state index >= 15 is 0 Å². The van der Waals surface area contributed by atoms with Crippen molar-refractivity contribution in [2.45, 2.75) is 6.92 Å². The summed E-state index contributed by atoms with van der Waals surface area (Å²) >= 11 is 0. The molecule has 0 bridgehead atoms. The Morgan fingerprint density at radius 2 is 2.00 bits per heavy atom. The Morgan fingerprint density at radius 1 is 1.26 bits per heavy atom. The molecule has 0 saturated heterocycles. The second kappa shape index (κ2) is 4.93. The molecule has 98 valence electrons. The van der Waals surface area contributed by atoms with Crippen molar-refractivity contribution in [1.29, 1.82) is 0 Å². The number of hydrogen-bond donors (Lipinski definition) is 1. The quantitative estimate of drug-likeness (QED) is 0.654. The highest BCUT2D eigenvalue weighted by Crippen LogP contribution is 2.19. The molecule has 1 N–H and O–H groups in total. The van der Waals surface area contributed by atoms with Gasteiger partial charge in [-0.25, -0.2) is 9.59 Å². The molecule has 0 aliphatic heterocycles. The molecule has 0 aliphatic carbocycles. The number of fused-ring (bicyclic) bond motifs is 1. The van der Waals surface area contributed by atoms with Gasteiger partial charge < -0.3 is 14.5 Å². The molecule has 0 fully saturated rings. The number of nitrogens with one attached hydrogen (secondary N) is 1. The number of hydrogen-bond acceptors (Lipinski definition) is 5. The van der Waals surface area contributed by atoms with Gasteiger partial charge >= 0.3 is 11.6 Å². The molecule has 1 heterocycles. The lowest BCUT2D eigenvalue weighted by molar-refractivity contribution is -0.114. The summed E-state index contributed by atoms with van der Waals surface area (Å²) in [5.74, 6) is -0.977. The van der Waals surface area contributed by atoms with Crippen LogP contribution in [0, 0.1) is 0 Å². The van der Waals surface area contributed by atoms with Crippen LogP contribution in [0.3, 0.4) is 0 Å². The third-order valence-electron chi connectivity index (χ3n) is 2.46. The molecule has 0 unspecified atom stereocenters. The Hall–Kier alpha value is -2.63. The van der Waals surface area contributed by atoms with Gasteiger partial charge in [0.25, 0.3) is 0 Å². The minimum absolute atomic E-state index is 0.165. The number of rotatable bonds is 2. The summed E-state index contributed by atoms with van der Waals surface area (Å²) in [6.07, 6.45) is 0. The third kappa shape index (κ3) is 2.62. The summed E-state index contributed by atoms with van der Waals surface area (Å²) in [6.45, 7) is 1.38. The number of ether oxygens (including phenoxy) is 1. The number of esters is 1. The van der Waals surface area contributed by atoms with Crippen LogP contribution >= 0.6 is 0 Å². The zero-order valence-corrected chi connectivity index (χ0v) is 10.4. The van der Waals surface area contributed by atoms with E-state index in [1.165, 1.54) is 26.2 Å². The molecule has 0 radical (unpaired) electrons. The average molecular weight is 261 g/mol. The largest absolute Gasteiger partial charge is 0.465 e. The zero-order chi connectivity index (χ0) is 14.0. The molecule has 1 aromatic carbocycles. The van der Waals surface area contributed by atoms with Gasteiger partial charge in [-0.15, -0.1) is 0 Å². The SMILES string of the molecule is COC(=O)c1cc2ccc(NC(C)=O)cc2oc1=O. The van der Waals surface area contributed by atoms with E-state index in [9.17, 15) is 14.4 Å². The molecule has 1 amide bonds. The predicted octanol–water partition coefficient (Wildman–Crippen LogP) is 1.54. The van der Waals surface area contributed by atoms with Gasteiger partial charge in [0.15, 0.2) is 0 Å². The summed E-state index contributed by atoms with van der Waals surface area (Å²) in [5.41, 5.74) is -0.153. The fourth-order valence-corrected chi connectivity index (χ4v) is 1.64. The van der Waals surface area contributed by atoms with E-state index in [0.717, 1.165) is 0 Å². The van der Waals surface area contributed by atoms with Crippen molar-refractivity contribution in [3.8, 4) is 0 Å². The Morgan fingerprint density at radius 3 is 2.63 bits per heavy atom. The van der Waals surface area contributed by atoms with Crippen LogP contribution in [0.1, 0.15) is 17.3 Å². The van der Waals surface area contributed by atoms with Crippen LogP contribution in [0.2, 0.25) is 0 Å². The van der Waals surface area contributed by atoms with Crippen molar-refractivity contribution in [2.75, 3.05) is 12.4 Å². The van der Waals surface area contributed by atoms with Gasteiger partial charge in [-0.05, 0) is 18.2 Å². The fourth-order valence-electron chi connectivity index (χ4n) is 1.64. The Kier molecular flexibility index (Phi) is 3.33. The molecule has 1 aromatic heterocycles. The number of carbonyl (C=O) groups is 2. The van der Waals surface area contributed by atoms with Gasteiger partial charge in [-0.3, -0.25) is 4.79 Å². The van der Waals surface area contributed by atoms with E-state index in [1.54, 1.807) is 12.1 Å². The van der Waals surface area contributed by atoms with Crippen LogP contribution in [0.5, 0.6) is 0 Å². The fraction of sp³-hybridized carbons (Fsp3) is 0.154. The van der Waals surface area contributed by atoms with Gasteiger partial charge in [-0.2, -0.15) is 0 Å². The maximum atomic E-state index is 11.6. The standard InChI is InChI=1S/C13H11NO5/c1-7(15)14-9-4-3-8-5-10(12(16)18-2)13(17)19-11(8)6-9/h3-6H,1-2H3,(H,14,15). The first-order chi connectivity index (χ1) is 9.01. The van der Waals surface area contributed by atoms with Crippen molar-refractivity contribution in [3.05, 3.63) is 40.2 Å². The summed E-state index contributed by atoms with van der Waals surface area (Å²) in [5, 5.41) is 3.14. The maximum absolute atomic E-state index is 11.6. The normalized spacial score (nSPS) is 10.2. The highest BCUT2D eigenvalue weighted by atomic mass is 16.5. The number of anilines is 1. The zero-order valence-electron chi connectivity index (χ0n) is 10.4. The average Bonchev–Trinajstić information content (AvgIpc) is 2.36. The summed E-state index contributed by atoms with van der Waals surface area (Å²) < 4.78 is 9.52. The van der Waals surface area contributed by atoms with E-state index in [1.807, 2.05) is 0 Å². The first-order valence-corrected chi connectivity index (χ1v) is 5.45. The first-order valence-electron chi connectivity index (χ1n) is 5.45. The summed E-state index contributed by atoms with van der Waals surface area (Å²) in [7, 11) is 1.19. The molecule has 6 heteroatoms. The van der Waals surface area contributed by atoms with Gasteiger partial charge in [0, 0.05) is 24.1 Å². The summed E-state index contributed by atoms with van der Waals surface area (Å²) in [4.78, 5) is 33.9. The number of methoxy groups -OCH3 is 1.